The Labute approximate surface area is 131 Å². The molecule has 1 amide bonds. The van der Waals surface area contributed by atoms with Crippen LogP contribution < -0.4 is 0 Å². The summed E-state index contributed by atoms with van der Waals surface area (Å²) in [7, 11) is 0. The number of likely N-dealkylation sites (tertiary alicyclic amines) is 1. The maximum Gasteiger partial charge on any atom is 0.248 e. The van der Waals surface area contributed by atoms with Crippen molar-refractivity contribution in [1.29, 1.82) is 0 Å². The van der Waals surface area contributed by atoms with E-state index in [1.165, 1.54) is 0 Å². The van der Waals surface area contributed by atoms with Crippen molar-refractivity contribution in [3.63, 3.8) is 0 Å². The zero-order chi connectivity index (χ0) is 15.6. The number of morpholine rings is 1. The fraction of sp³-hybridized carbons (Fsp3) is 0.588. The average molecular weight is 304 g/mol. The molecular weight excluding hydrogens is 280 g/mol. The maximum atomic E-state index is 11.8. The van der Waals surface area contributed by atoms with Gasteiger partial charge in [0.25, 0.3) is 0 Å². The fourth-order valence-electron chi connectivity index (χ4n) is 3.32. The number of hydrogen-bond acceptors (Lipinski definition) is 4. The summed E-state index contributed by atoms with van der Waals surface area (Å²) in [5, 5.41) is 0. The predicted molar refractivity (Wildman–Crippen MR) is 83.4 cm³/mol. The summed E-state index contributed by atoms with van der Waals surface area (Å²) in [6.45, 7) is 9.98. The van der Waals surface area contributed by atoms with Crippen LogP contribution in [0, 0.1) is 6.92 Å². The third-order valence-corrected chi connectivity index (χ3v) is 4.63. The molecule has 22 heavy (non-hydrogen) atoms. The van der Waals surface area contributed by atoms with E-state index in [-0.39, 0.29) is 18.1 Å². The number of amides is 1. The van der Waals surface area contributed by atoms with Crippen molar-refractivity contribution < 1.29 is 13.9 Å². The minimum absolute atomic E-state index is 0.0685. The van der Waals surface area contributed by atoms with Gasteiger partial charge in [-0.1, -0.05) is 6.08 Å². The Morgan fingerprint density at radius 3 is 2.77 bits per heavy atom. The van der Waals surface area contributed by atoms with Crippen LogP contribution in [0.4, 0.5) is 0 Å². The number of furan rings is 1. The number of carbonyl (C=O) groups is 1. The smallest absolute Gasteiger partial charge is 0.248 e. The monoisotopic (exact) mass is 304 g/mol. The van der Waals surface area contributed by atoms with Crippen molar-refractivity contribution in [1.82, 2.24) is 9.80 Å². The van der Waals surface area contributed by atoms with Gasteiger partial charge in [-0.2, -0.15) is 0 Å². The first kappa shape index (κ1) is 15.3. The van der Waals surface area contributed by atoms with Crippen LogP contribution in [0.25, 0.3) is 0 Å². The van der Waals surface area contributed by atoms with Gasteiger partial charge in [0, 0.05) is 19.6 Å². The van der Waals surface area contributed by atoms with Gasteiger partial charge in [-0.15, -0.1) is 6.58 Å². The summed E-state index contributed by atoms with van der Waals surface area (Å²) in [5.41, 5.74) is -0.174. The van der Waals surface area contributed by atoms with E-state index < -0.39 is 0 Å². The quantitative estimate of drug-likeness (QED) is 0.798. The van der Waals surface area contributed by atoms with E-state index in [9.17, 15) is 4.79 Å². The van der Waals surface area contributed by atoms with Gasteiger partial charge in [-0.25, -0.2) is 0 Å². The normalized spacial score (nSPS) is 22.2. The van der Waals surface area contributed by atoms with Gasteiger partial charge in [-0.3, -0.25) is 9.69 Å². The molecule has 0 saturated carbocycles. The van der Waals surface area contributed by atoms with E-state index >= 15 is 0 Å². The van der Waals surface area contributed by atoms with E-state index in [0.717, 1.165) is 44.0 Å². The molecule has 2 saturated heterocycles. The lowest BCUT2D eigenvalue weighted by Gasteiger charge is -2.46. The van der Waals surface area contributed by atoms with Crippen LogP contribution in [-0.4, -0.2) is 54.1 Å². The van der Waals surface area contributed by atoms with Crippen molar-refractivity contribution in [2.45, 2.75) is 31.9 Å². The molecule has 0 bridgehead atoms. The lowest BCUT2D eigenvalue weighted by molar-refractivity contribution is -0.170. The molecule has 0 radical (unpaired) electrons. The van der Waals surface area contributed by atoms with E-state index in [0.29, 0.717) is 13.1 Å². The Hall–Kier alpha value is -1.59. The lowest BCUT2D eigenvalue weighted by Crippen LogP contribution is -2.58. The SMILES string of the molecule is C=CCN1CC2(CCN(Cc3ccc(C)o3)CC2)OCC1=O. The zero-order valence-corrected chi connectivity index (χ0v) is 13.2. The number of nitrogens with zero attached hydrogens (tertiary/aromatic N) is 2. The van der Waals surface area contributed by atoms with Crippen LogP contribution in [0.1, 0.15) is 24.4 Å². The Bertz CT molecular complexity index is 544. The summed E-state index contributed by atoms with van der Waals surface area (Å²) in [6.07, 6.45) is 3.69. The minimum Gasteiger partial charge on any atom is -0.465 e. The third-order valence-electron chi connectivity index (χ3n) is 4.63. The largest absolute Gasteiger partial charge is 0.465 e. The van der Waals surface area contributed by atoms with Crippen LogP contribution in [0.5, 0.6) is 0 Å². The van der Waals surface area contributed by atoms with Crippen molar-refractivity contribution in [2.24, 2.45) is 0 Å². The summed E-state index contributed by atoms with van der Waals surface area (Å²) in [5.74, 6) is 2.04. The molecule has 0 aliphatic carbocycles. The van der Waals surface area contributed by atoms with E-state index in [4.69, 9.17) is 9.15 Å². The van der Waals surface area contributed by atoms with Crippen molar-refractivity contribution in [2.75, 3.05) is 32.8 Å². The molecule has 3 rings (SSSR count). The van der Waals surface area contributed by atoms with Gasteiger partial charge >= 0.3 is 0 Å². The van der Waals surface area contributed by atoms with Gasteiger partial charge in [0.05, 0.1) is 18.7 Å². The van der Waals surface area contributed by atoms with Crippen molar-refractivity contribution in [3.8, 4) is 0 Å². The van der Waals surface area contributed by atoms with Gasteiger partial charge in [-0.05, 0) is 31.9 Å². The zero-order valence-electron chi connectivity index (χ0n) is 13.2. The molecule has 120 valence electrons. The number of ether oxygens (including phenoxy) is 1. The Morgan fingerprint density at radius 2 is 2.14 bits per heavy atom. The molecule has 0 atom stereocenters. The minimum atomic E-state index is -0.174. The molecule has 5 nitrogen and oxygen atoms in total. The van der Waals surface area contributed by atoms with Gasteiger partial charge < -0.3 is 14.1 Å². The van der Waals surface area contributed by atoms with E-state index in [2.05, 4.69) is 11.5 Å². The molecule has 1 aromatic rings. The van der Waals surface area contributed by atoms with Gasteiger partial charge in [0.2, 0.25) is 5.91 Å². The number of hydrogen-bond donors (Lipinski definition) is 0. The van der Waals surface area contributed by atoms with Crippen LogP contribution in [0.3, 0.4) is 0 Å². The van der Waals surface area contributed by atoms with Crippen LogP contribution in [-0.2, 0) is 16.1 Å². The van der Waals surface area contributed by atoms with E-state index in [1.807, 2.05) is 24.0 Å². The Kier molecular flexibility index (Phi) is 4.36. The first-order valence-corrected chi connectivity index (χ1v) is 7.90. The second kappa shape index (κ2) is 6.26. The number of rotatable bonds is 4. The molecule has 2 aliphatic rings. The second-order valence-corrected chi connectivity index (χ2v) is 6.32. The van der Waals surface area contributed by atoms with Gasteiger partial charge in [0.1, 0.15) is 18.1 Å². The first-order chi connectivity index (χ1) is 10.6. The topological polar surface area (TPSA) is 45.9 Å². The predicted octanol–water partition coefficient (Wildman–Crippen LogP) is 1.97. The standard InChI is InChI=1S/C17H24N2O3/c1-3-8-19-13-17(21-12-16(19)20)6-9-18(10-7-17)11-15-5-4-14(2)22-15/h3-5H,1,6-13H2,2H3. The third kappa shape index (κ3) is 3.25. The van der Waals surface area contributed by atoms with Crippen molar-refractivity contribution >= 4 is 5.91 Å². The van der Waals surface area contributed by atoms with Crippen LogP contribution >= 0.6 is 0 Å². The molecule has 0 N–H and O–H groups in total. The first-order valence-electron chi connectivity index (χ1n) is 7.90. The summed E-state index contributed by atoms with van der Waals surface area (Å²) < 4.78 is 11.6. The number of aryl methyl sites for hydroxylation is 1. The summed E-state index contributed by atoms with van der Waals surface area (Å²) in [4.78, 5) is 16.1. The highest BCUT2D eigenvalue weighted by Gasteiger charge is 2.41. The Morgan fingerprint density at radius 1 is 1.36 bits per heavy atom. The molecule has 2 fully saturated rings. The molecule has 1 spiro atoms. The van der Waals surface area contributed by atoms with Crippen LogP contribution in [0.2, 0.25) is 0 Å². The molecule has 3 heterocycles. The number of carbonyl (C=O) groups excluding carboxylic acids is 1. The molecule has 0 unspecified atom stereocenters. The van der Waals surface area contributed by atoms with Crippen molar-refractivity contribution in [3.05, 3.63) is 36.3 Å². The number of piperidine rings is 1. The maximum absolute atomic E-state index is 11.8. The summed E-state index contributed by atoms with van der Waals surface area (Å²) in [6, 6.07) is 4.05. The van der Waals surface area contributed by atoms with Gasteiger partial charge in [0.15, 0.2) is 0 Å². The van der Waals surface area contributed by atoms with Crippen LogP contribution in [0.15, 0.2) is 29.2 Å². The highest BCUT2D eigenvalue weighted by molar-refractivity contribution is 5.78. The lowest BCUT2D eigenvalue weighted by atomic mass is 9.89. The second-order valence-electron chi connectivity index (χ2n) is 6.32. The molecular formula is C17H24N2O3. The molecule has 5 heteroatoms. The highest BCUT2D eigenvalue weighted by Crippen LogP contribution is 2.31. The molecule has 1 aromatic heterocycles. The Balaban J connectivity index is 1.56. The highest BCUT2D eigenvalue weighted by atomic mass is 16.5. The molecule has 2 aliphatic heterocycles. The summed E-state index contributed by atoms with van der Waals surface area (Å²) >= 11 is 0. The van der Waals surface area contributed by atoms with E-state index in [1.54, 1.807) is 6.08 Å². The average Bonchev–Trinajstić information content (AvgIpc) is 2.91. The fourth-order valence-corrected chi connectivity index (χ4v) is 3.32. The molecule has 0 aromatic carbocycles.